The van der Waals surface area contributed by atoms with Crippen LogP contribution in [0.2, 0.25) is 0 Å². The zero-order valence-corrected chi connectivity index (χ0v) is 11.5. The van der Waals surface area contributed by atoms with E-state index in [2.05, 4.69) is 0 Å². The molecule has 0 saturated heterocycles. The van der Waals surface area contributed by atoms with Crippen LogP contribution >= 0.6 is 0 Å². The van der Waals surface area contributed by atoms with Gasteiger partial charge in [-0.3, -0.25) is 0 Å². The summed E-state index contributed by atoms with van der Waals surface area (Å²) in [7, 11) is 6.16. The second kappa shape index (κ2) is 5.48. The Morgan fingerprint density at radius 1 is 0.952 bits per heavy atom. The van der Waals surface area contributed by atoms with E-state index in [1.165, 1.54) is 0 Å². The van der Waals surface area contributed by atoms with Crippen LogP contribution in [0.4, 0.5) is 5.69 Å². The van der Waals surface area contributed by atoms with E-state index in [-0.39, 0.29) is 17.5 Å². The molecule has 0 spiro atoms. The maximum absolute atomic E-state index is 10.1. The Bertz CT molecular complexity index is 711. The molecular weight excluding hydrogens is 261 g/mol. The molecule has 2 aromatic carbocycles. The van der Waals surface area contributed by atoms with E-state index >= 15 is 0 Å². The number of rotatable bonds is 2. The van der Waals surface area contributed by atoms with Crippen molar-refractivity contribution in [1.29, 1.82) is 0 Å². The summed E-state index contributed by atoms with van der Waals surface area (Å²) in [6.45, 7) is 0. The quantitative estimate of drug-likeness (QED) is 0.654. The first-order chi connectivity index (χ1) is 10.2. The number of anilines is 1. The number of hydrogen-bond acceptors (Lipinski definition) is 3. The van der Waals surface area contributed by atoms with Crippen molar-refractivity contribution in [2.75, 3.05) is 4.90 Å². The third-order valence-electron chi connectivity index (χ3n) is 3.63. The van der Waals surface area contributed by atoms with Gasteiger partial charge in [-0.15, -0.1) is 0 Å². The summed E-state index contributed by atoms with van der Waals surface area (Å²) < 4.78 is 0. The van der Waals surface area contributed by atoms with E-state index in [9.17, 15) is 10.2 Å². The molecule has 2 aromatic rings. The van der Waals surface area contributed by atoms with Crippen molar-refractivity contribution < 1.29 is 10.2 Å². The van der Waals surface area contributed by atoms with Gasteiger partial charge in [0.05, 0.1) is 0 Å². The van der Waals surface area contributed by atoms with Gasteiger partial charge in [0.25, 0.3) is 0 Å². The predicted molar refractivity (Wildman–Crippen MR) is 86.0 cm³/mol. The van der Waals surface area contributed by atoms with Gasteiger partial charge in [-0.1, -0.05) is 0 Å². The molecule has 0 aromatic heterocycles. The minimum atomic E-state index is -0.242. The molecule has 1 unspecified atom stereocenters. The third-order valence-corrected chi connectivity index (χ3v) is 3.63. The van der Waals surface area contributed by atoms with Gasteiger partial charge in [0, 0.05) is 0 Å². The third kappa shape index (κ3) is 2.45. The number of aromatic hydroxyl groups is 2. The molecule has 0 bridgehead atoms. The van der Waals surface area contributed by atoms with E-state index in [4.69, 9.17) is 7.49 Å². The number of nitrogens with zero attached hydrogens (tertiary/aromatic N) is 1. The van der Waals surface area contributed by atoms with Gasteiger partial charge < -0.3 is 0 Å². The molecule has 0 amide bonds. The minimum absolute atomic E-state index is 0.163. The van der Waals surface area contributed by atoms with Crippen LogP contribution in [-0.2, 0) is 0 Å². The van der Waals surface area contributed by atoms with E-state index in [0.717, 1.165) is 5.56 Å². The average Bonchev–Trinajstić information content (AvgIpc) is 2.49. The number of benzene rings is 2. The molecule has 0 aliphatic carbocycles. The molecule has 0 saturated carbocycles. The van der Waals surface area contributed by atoms with Gasteiger partial charge in [-0.25, -0.2) is 0 Å². The monoisotopic (exact) mass is 276 g/mol. The SMILES string of the molecule is [B]=C1CC=CC(c2ccccc2O)N1c1ccccc1O. The second-order valence-corrected chi connectivity index (χ2v) is 4.99. The van der Waals surface area contributed by atoms with Crippen LogP contribution in [0.25, 0.3) is 0 Å². The van der Waals surface area contributed by atoms with Gasteiger partial charge in [0.15, 0.2) is 0 Å². The average molecular weight is 276 g/mol. The van der Waals surface area contributed by atoms with Crippen LogP contribution in [0.5, 0.6) is 11.5 Å². The molecule has 1 aliphatic heterocycles. The molecule has 21 heavy (non-hydrogen) atoms. The first-order valence-electron chi connectivity index (χ1n) is 6.81. The fourth-order valence-corrected chi connectivity index (χ4v) is 2.63. The summed E-state index contributed by atoms with van der Waals surface area (Å²) in [6, 6.07) is 14.0. The van der Waals surface area contributed by atoms with Gasteiger partial charge in [-0.2, -0.15) is 0 Å². The molecule has 1 radical (unpaired) electrons. The fourth-order valence-electron chi connectivity index (χ4n) is 2.63. The molecule has 0 fully saturated rings. The van der Waals surface area contributed by atoms with Crippen LogP contribution in [0, 0.1) is 0 Å². The summed E-state index contributed by atoms with van der Waals surface area (Å²) in [6.07, 6.45) is 4.57. The van der Waals surface area contributed by atoms with Crippen LogP contribution < -0.4 is 4.90 Å². The fraction of sp³-hybridized carbons (Fsp3) is 0.118. The van der Waals surface area contributed by atoms with Gasteiger partial charge in [-0.05, 0) is 0 Å². The molecule has 1 heterocycles. The summed E-state index contributed by atoms with van der Waals surface area (Å²) in [5.41, 5.74) is 2.01. The van der Waals surface area contributed by atoms with E-state index < -0.39 is 0 Å². The molecule has 3 nitrogen and oxygen atoms in total. The molecule has 2 N–H and O–H groups in total. The Kier molecular flexibility index (Phi) is 3.52. The number of para-hydroxylation sites is 3. The maximum atomic E-state index is 10.1. The summed E-state index contributed by atoms with van der Waals surface area (Å²) >= 11 is 0. The Labute approximate surface area is 124 Å². The Morgan fingerprint density at radius 3 is 2.33 bits per heavy atom. The topological polar surface area (TPSA) is 43.7 Å². The van der Waals surface area contributed by atoms with E-state index in [1.807, 2.05) is 41.3 Å². The van der Waals surface area contributed by atoms with Crippen LogP contribution in [0.3, 0.4) is 0 Å². The summed E-state index contributed by atoms with van der Waals surface area (Å²) in [5, 5.41) is 20.2. The first-order valence-corrected chi connectivity index (χ1v) is 6.81. The van der Waals surface area contributed by atoms with Crippen LogP contribution in [0.15, 0.2) is 60.7 Å². The predicted octanol–water partition coefficient (Wildman–Crippen LogP) is 2.90. The van der Waals surface area contributed by atoms with Gasteiger partial charge in [0.2, 0.25) is 0 Å². The molecule has 1 aliphatic rings. The number of hydrogen-bond donors (Lipinski definition) is 2. The van der Waals surface area contributed by atoms with Crippen molar-refractivity contribution in [1.82, 2.24) is 0 Å². The Morgan fingerprint density at radius 2 is 1.62 bits per heavy atom. The van der Waals surface area contributed by atoms with Crippen molar-refractivity contribution >= 4 is 18.8 Å². The Balaban J connectivity index is 2.12. The zero-order chi connectivity index (χ0) is 14.8. The van der Waals surface area contributed by atoms with Crippen LogP contribution in [-0.4, -0.2) is 23.3 Å². The Hall–Kier alpha value is -2.49. The molecule has 4 heteroatoms. The van der Waals surface area contributed by atoms with E-state index in [0.29, 0.717) is 17.7 Å². The number of phenolic OH excluding ortho intramolecular Hbond substituents is 2. The number of phenols is 2. The van der Waals surface area contributed by atoms with Crippen LogP contribution in [0.1, 0.15) is 18.0 Å². The molecule has 103 valence electrons. The van der Waals surface area contributed by atoms with Crippen molar-refractivity contribution in [2.45, 2.75) is 12.5 Å². The first kappa shape index (κ1) is 13.5. The second-order valence-electron chi connectivity index (χ2n) is 4.99. The molecule has 1 atom stereocenters. The van der Waals surface area contributed by atoms with Gasteiger partial charge >= 0.3 is 124 Å². The van der Waals surface area contributed by atoms with Gasteiger partial charge in [0.1, 0.15) is 0 Å². The zero-order valence-electron chi connectivity index (χ0n) is 11.5. The summed E-state index contributed by atoms with van der Waals surface area (Å²) in [4.78, 5) is 1.85. The van der Waals surface area contributed by atoms with Crippen molar-refractivity contribution in [3.63, 3.8) is 0 Å². The van der Waals surface area contributed by atoms with Crippen molar-refractivity contribution in [3.8, 4) is 11.5 Å². The standard InChI is InChI=1S/C17H15BNO2/c18-17-11-5-8-13(12-6-1-3-9-15(12)20)19(17)14-7-2-4-10-16(14)21/h1-10,13,20-21H,11H2. The van der Waals surface area contributed by atoms with Crippen molar-refractivity contribution in [3.05, 3.63) is 66.2 Å². The molecule has 3 rings (SSSR count). The molecular formula is C17H15BNO2. The van der Waals surface area contributed by atoms with Crippen molar-refractivity contribution in [2.24, 2.45) is 0 Å². The normalized spacial score (nSPS) is 18.0. The summed E-state index contributed by atoms with van der Waals surface area (Å²) in [5.74, 6) is 0.374. The van der Waals surface area contributed by atoms with E-state index in [1.54, 1.807) is 24.3 Å².